The van der Waals surface area contributed by atoms with Gasteiger partial charge >= 0.3 is 0 Å². The zero-order valence-electron chi connectivity index (χ0n) is 27.8. The third-order valence-corrected chi connectivity index (χ3v) is 6.68. The van der Waals surface area contributed by atoms with Gasteiger partial charge in [0.2, 0.25) is 0 Å². The first kappa shape index (κ1) is 41.1. The zero-order valence-corrected chi connectivity index (χ0v) is 30.0. The summed E-state index contributed by atoms with van der Waals surface area (Å²) in [5.74, 6) is -1.32. The number of nitrogens with two attached hydrogens (primary N) is 1. The number of rotatable bonds is 5. The highest BCUT2D eigenvalue weighted by atomic mass is 35.5. The Kier molecular flexibility index (Phi) is 15.3. The molecule has 0 unspecified atom stereocenters. The van der Waals surface area contributed by atoms with E-state index in [-0.39, 0.29) is 11.2 Å². The lowest BCUT2D eigenvalue weighted by molar-refractivity contribution is 0.101. The molecule has 0 bridgehead atoms. The number of alkyl halides is 2. The topological polar surface area (TPSA) is 150 Å². The fourth-order valence-electron chi connectivity index (χ4n) is 4.33. The van der Waals surface area contributed by atoms with Gasteiger partial charge in [-0.1, -0.05) is 12.1 Å². The highest BCUT2D eigenvalue weighted by Crippen LogP contribution is 2.24. The molecule has 17 heteroatoms. The average Bonchev–Trinajstić information content (AvgIpc) is 3.60. The molecule has 4 heterocycles. The molecule has 4 aromatic heterocycles. The Bertz CT molecular complexity index is 2090. The van der Waals surface area contributed by atoms with Gasteiger partial charge in [-0.15, -0.1) is 23.2 Å². The van der Waals surface area contributed by atoms with Crippen LogP contribution >= 0.6 is 34.8 Å². The lowest BCUT2D eigenvalue weighted by Crippen LogP contribution is -2.16. The third kappa shape index (κ3) is 11.4. The fourth-order valence-corrected chi connectivity index (χ4v) is 4.51. The number of hydrogen-bond donors (Lipinski definition) is 2. The summed E-state index contributed by atoms with van der Waals surface area (Å²) < 4.78 is 63.0. The number of halogens is 7. The normalized spacial score (nSPS) is 10.1. The zero-order chi connectivity index (χ0) is 38.5. The van der Waals surface area contributed by atoms with E-state index in [9.17, 15) is 27.2 Å². The molecule has 0 aliphatic heterocycles. The number of benzene rings is 2. The Morgan fingerprint density at radius 2 is 1.12 bits per heavy atom. The van der Waals surface area contributed by atoms with Crippen LogP contribution in [0.1, 0.15) is 44.0 Å². The summed E-state index contributed by atoms with van der Waals surface area (Å²) in [4.78, 5) is 39.0. The number of pyridine rings is 2. The van der Waals surface area contributed by atoms with Crippen molar-refractivity contribution in [3.63, 3.8) is 0 Å². The van der Waals surface area contributed by atoms with Crippen LogP contribution in [0.4, 0.5) is 29.2 Å². The number of nitrogens with one attached hydrogen (secondary N) is 1. The summed E-state index contributed by atoms with van der Waals surface area (Å²) >= 11 is 14.4. The molecule has 0 saturated heterocycles. The first-order chi connectivity index (χ1) is 24.7. The molecule has 0 aliphatic rings. The van der Waals surface area contributed by atoms with Crippen LogP contribution in [0.3, 0.4) is 0 Å². The quantitative estimate of drug-likeness (QED) is 0.0991. The van der Waals surface area contributed by atoms with Gasteiger partial charge in [-0.05, 0) is 74.0 Å². The first-order valence-electron chi connectivity index (χ1n) is 14.7. The Hall–Kier alpha value is -5.31. The molecule has 1 amide bonds. The van der Waals surface area contributed by atoms with E-state index >= 15 is 0 Å². The van der Waals surface area contributed by atoms with Gasteiger partial charge in [0.15, 0.2) is 11.8 Å². The Labute approximate surface area is 310 Å². The van der Waals surface area contributed by atoms with E-state index in [0.717, 1.165) is 47.3 Å². The Morgan fingerprint density at radius 1 is 0.692 bits per heavy atom. The van der Waals surface area contributed by atoms with Crippen LogP contribution in [0.25, 0.3) is 22.5 Å². The van der Waals surface area contributed by atoms with E-state index in [2.05, 4.69) is 25.3 Å². The van der Waals surface area contributed by atoms with Gasteiger partial charge in [0, 0.05) is 37.4 Å². The second kappa shape index (κ2) is 19.3. The van der Waals surface area contributed by atoms with E-state index in [4.69, 9.17) is 49.4 Å². The average molecular weight is 780 g/mol. The molecule has 0 radical (unpaired) electrons. The van der Waals surface area contributed by atoms with Gasteiger partial charge < -0.3 is 19.9 Å². The molecule has 3 N–H and O–H groups in total. The maximum absolute atomic E-state index is 13.6. The van der Waals surface area contributed by atoms with Crippen molar-refractivity contribution in [2.24, 2.45) is 0 Å². The number of hydrogen-bond acceptors (Lipinski definition) is 9. The fraction of sp³-hybridized carbons (Fsp3) is 0.143. The summed E-state index contributed by atoms with van der Waals surface area (Å²) in [5, 5.41) is 1.43. The molecule has 2 aromatic carbocycles. The number of nitrogens with zero attached hydrogens (tertiary/aromatic N) is 4. The minimum atomic E-state index is -1.12. The number of amides is 1. The predicted octanol–water partition coefficient (Wildman–Crippen LogP) is 9.58. The number of aromatic nitrogens is 4. The van der Waals surface area contributed by atoms with Gasteiger partial charge in [0.25, 0.3) is 11.1 Å². The molecule has 0 fully saturated rings. The molecule has 0 spiro atoms. The Balaban J connectivity index is 0.000000220. The van der Waals surface area contributed by atoms with Crippen LogP contribution < -0.4 is 11.1 Å². The number of carbonyl (C=O) groups excluding carboxylic acids is 2. The first-order valence-corrected chi connectivity index (χ1v) is 16.2. The van der Waals surface area contributed by atoms with Crippen LogP contribution in [-0.4, -0.2) is 36.4 Å². The lowest BCUT2D eigenvalue weighted by atomic mass is 10.1. The minimum Gasteiger partial charge on any atom is -0.446 e. The summed E-state index contributed by atoms with van der Waals surface area (Å²) in [6.45, 7) is 7.22. The minimum absolute atomic E-state index is 0.171. The SMILES string of the molecule is Cc1nc(-c2ccc(N)nc2)c(C)o1.Cc1nc(-c2ccc(NC(=O)c3c(F)cccc3F)nc2)c(C)o1.ClCCl.O=C(Cl)c1c(F)cccc1F. The molecule has 10 nitrogen and oxygen atoms in total. The van der Waals surface area contributed by atoms with Crippen LogP contribution in [0.15, 0.2) is 81.9 Å². The van der Waals surface area contributed by atoms with E-state index in [1.165, 1.54) is 18.3 Å². The van der Waals surface area contributed by atoms with Gasteiger partial charge in [0.05, 0.1) is 5.34 Å². The maximum atomic E-state index is 13.6. The Morgan fingerprint density at radius 3 is 1.44 bits per heavy atom. The largest absolute Gasteiger partial charge is 0.446 e. The molecule has 0 aliphatic carbocycles. The second-order valence-corrected chi connectivity index (χ2v) is 11.4. The van der Waals surface area contributed by atoms with E-state index in [0.29, 0.717) is 34.6 Å². The van der Waals surface area contributed by atoms with Crippen molar-refractivity contribution < 1.29 is 36.0 Å². The summed E-state index contributed by atoms with van der Waals surface area (Å²) in [6.07, 6.45) is 3.19. The third-order valence-electron chi connectivity index (χ3n) is 6.49. The molecule has 52 heavy (non-hydrogen) atoms. The number of carbonyl (C=O) groups is 2. The van der Waals surface area contributed by atoms with Crippen molar-refractivity contribution in [3.05, 3.63) is 131 Å². The molecule has 272 valence electrons. The summed E-state index contributed by atoms with van der Waals surface area (Å²) in [7, 11) is 0. The molecular formula is C35H29Cl3F4N6O4. The predicted molar refractivity (Wildman–Crippen MR) is 190 cm³/mol. The summed E-state index contributed by atoms with van der Waals surface area (Å²) in [6, 6.07) is 13.2. The van der Waals surface area contributed by atoms with Gasteiger partial charge in [-0.25, -0.2) is 37.5 Å². The van der Waals surface area contributed by atoms with Crippen LogP contribution in [-0.2, 0) is 0 Å². The molecular weight excluding hydrogens is 751 g/mol. The van der Waals surface area contributed by atoms with Crippen molar-refractivity contribution in [2.45, 2.75) is 27.7 Å². The van der Waals surface area contributed by atoms with Gasteiger partial charge in [-0.2, -0.15) is 0 Å². The highest BCUT2D eigenvalue weighted by Gasteiger charge is 2.18. The second-order valence-electron chi connectivity index (χ2n) is 10.2. The van der Waals surface area contributed by atoms with Gasteiger partial charge in [-0.3, -0.25) is 9.59 Å². The number of oxazole rings is 2. The lowest BCUT2D eigenvalue weighted by Gasteiger charge is -2.07. The smallest absolute Gasteiger partial charge is 0.262 e. The van der Waals surface area contributed by atoms with Crippen molar-refractivity contribution >= 4 is 57.6 Å². The van der Waals surface area contributed by atoms with Crippen LogP contribution in [0.5, 0.6) is 0 Å². The van der Waals surface area contributed by atoms with E-state index in [1.54, 1.807) is 32.2 Å². The van der Waals surface area contributed by atoms with Crippen molar-refractivity contribution in [1.29, 1.82) is 0 Å². The number of aryl methyl sites for hydroxylation is 4. The molecule has 6 aromatic rings. The maximum Gasteiger partial charge on any atom is 0.262 e. The van der Waals surface area contributed by atoms with Crippen molar-refractivity contribution in [3.8, 4) is 22.5 Å². The monoisotopic (exact) mass is 778 g/mol. The number of anilines is 2. The van der Waals surface area contributed by atoms with Crippen LogP contribution in [0, 0.1) is 51.0 Å². The molecule has 0 atom stereocenters. The van der Waals surface area contributed by atoms with Crippen molar-refractivity contribution in [1.82, 2.24) is 19.9 Å². The van der Waals surface area contributed by atoms with Crippen LogP contribution in [0.2, 0.25) is 0 Å². The van der Waals surface area contributed by atoms with E-state index in [1.807, 2.05) is 19.9 Å². The molecule has 6 rings (SSSR count). The standard InChI is InChI=1S/C17H13F2N3O2.C10H11N3O.C7H3ClF2O.CH2Cl2/c1-9-16(21-10(2)24-9)11-6-7-14(20-8-11)22-17(23)15-12(18)4-3-5-13(15)19;1-6-10(13-7(2)14-6)8-3-4-9(11)12-5-8;8-7(11)6-4(9)2-1-3-5(6)10;2-1-3/h3-8H,1-2H3,(H,20,22,23);3-5H,1-2H3,(H2,11,12);1-3H;1H2. The van der Waals surface area contributed by atoms with E-state index < -0.39 is 45.5 Å². The van der Waals surface area contributed by atoms with Gasteiger partial charge in [0.1, 0.15) is 68.9 Å². The highest BCUT2D eigenvalue weighted by molar-refractivity contribution is 6.67. The summed E-state index contributed by atoms with van der Waals surface area (Å²) in [5.41, 5.74) is 7.26. The number of nitrogen functional groups attached to an aromatic ring is 1. The molecule has 0 saturated carbocycles. The van der Waals surface area contributed by atoms with Crippen molar-refractivity contribution in [2.75, 3.05) is 16.4 Å².